The Kier molecular flexibility index (Phi) is 6.33. The Morgan fingerprint density at radius 2 is 2.00 bits per heavy atom. The second-order valence-corrected chi connectivity index (χ2v) is 5.08. The summed E-state index contributed by atoms with van der Waals surface area (Å²) in [5.74, 6) is 0.439. The zero-order chi connectivity index (χ0) is 13.5. The van der Waals surface area contributed by atoms with Crippen LogP contribution in [0.2, 0.25) is 0 Å². The summed E-state index contributed by atoms with van der Waals surface area (Å²) < 4.78 is 5.23. The van der Waals surface area contributed by atoms with E-state index in [1.54, 1.807) is 7.11 Å². The van der Waals surface area contributed by atoms with E-state index in [4.69, 9.17) is 10.5 Å². The first-order valence-corrected chi connectivity index (χ1v) is 6.53. The predicted molar refractivity (Wildman–Crippen MR) is 76.5 cm³/mol. The lowest BCUT2D eigenvalue weighted by atomic mass is 10.0. The molecule has 1 rings (SSSR count). The van der Waals surface area contributed by atoms with Crippen LogP contribution in [-0.4, -0.2) is 38.3 Å². The molecule has 1 aromatic carbocycles. The minimum atomic E-state index is 0.351. The van der Waals surface area contributed by atoms with Crippen molar-refractivity contribution >= 4 is 0 Å². The van der Waals surface area contributed by atoms with E-state index in [2.05, 4.69) is 50.1 Å². The number of rotatable bonds is 7. The molecule has 0 saturated carbocycles. The molecule has 0 radical (unpaired) electrons. The molecular weight excluding hydrogens is 224 g/mol. The summed E-state index contributed by atoms with van der Waals surface area (Å²) in [5, 5.41) is 0. The number of aryl methyl sites for hydroxylation is 1. The normalized spacial score (nSPS) is 14.8. The van der Waals surface area contributed by atoms with Crippen LogP contribution < -0.4 is 5.73 Å². The molecule has 0 saturated heterocycles. The first-order chi connectivity index (χ1) is 8.60. The van der Waals surface area contributed by atoms with Gasteiger partial charge in [-0.3, -0.25) is 4.90 Å². The maximum absolute atomic E-state index is 5.90. The lowest BCUT2D eigenvalue weighted by molar-refractivity contribution is 0.0952. The fourth-order valence-electron chi connectivity index (χ4n) is 2.39. The molecule has 0 amide bonds. The molecule has 0 aliphatic carbocycles. The molecule has 18 heavy (non-hydrogen) atoms. The van der Waals surface area contributed by atoms with Crippen molar-refractivity contribution in [1.29, 1.82) is 0 Å². The van der Waals surface area contributed by atoms with Crippen LogP contribution in [-0.2, 0) is 11.3 Å². The van der Waals surface area contributed by atoms with E-state index in [0.717, 1.165) is 13.2 Å². The number of nitrogens with zero attached hydrogens (tertiary/aromatic N) is 1. The number of nitrogens with two attached hydrogens (primary N) is 1. The first kappa shape index (κ1) is 15.2. The average molecular weight is 250 g/mol. The molecule has 3 nitrogen and oxygen atoms in total. The van der Waals surface area contributed by atoms with Crippen molar-refractivity contribution in [1.82, 2.24) is 4.90 Å². The van der Waals surface area contributed by atoms with E-state index in [1.807, 2.05) is 0 Å². The fraction of sp³-hybridized carbons (Fsp3) is 0.600. The van der Waals surface area contributed by atoms with Gasteiger partial charge in [-0.05, 0) is 31.0 Å². The quantitative estimate of drug-likeness (QED) is 0.805. The van der Waals surface area contributed by atoms with E-state index < -0.39 is 0 Å². The highest BCUT2D eigenvalue weighted by atomic mass is 16.5. The zero-order valence-electron chi connectivity index (χ0n) is 12.0. The van der Waals surface area contributed by atoms with Crippen LogP contribution in [0.25, 0.3) is 0 Å². The number of benzene rings is 1. The standard InChI is InChI=1S/C15H26N2O/c1-12-7-5-6-8-14(12)10-17(3)15(9-16)13(2)11-18-4/h5-8,13,15H,9-11,16H2,1-4H3. The van der Waals surface area contributed by atoms with E-state index in [-0.39, 0.29) is 0 Å². The minimum Gasteiger partial charge on any atom is -0.384 e. The Labute approximate surface area is 111 Å². The van der Waals surface area contributed by atoms with Gasteiger partial charge in [0, 0.05) is 26.2 Å². The highest BCUT2D eigenvalue weighted by molar-refractivity contribution is 5.25. The van der Waals surface area contributed by atoms with Crippen molar-refractivity contribution in [3.05, 3.63) is 35.4 Å². The molecule has 2 unspecified atom stereocenters. The highest BCUT2D eigenvalue weighted by Crippen LogP contribution is 2.15. The largest absolute Gasteiger partial charge is 0.384 e. The Hall–Kier alpha value is -0.900. The smallest absolute Gasteiger partial charge is 0.0503 e. The molecule has 2 atom stereocenters. The van der Waals surface area contributed by atoms with Crippen molar-refractivity contribution in [3.63, 3.8) is 0 Å². The second kappa shape index (κ2) is 7.52. The lowest BCUT2D eigenvalue weighted by Gasteiger charge is -2.32. The van der Waals surface area contributed by atoms with Gasteiger partial charge < -0.3 is 10.5 Å². The topological polar surface area (TPSA) is 38.5 Å². The Balaban J connectivity index is 2.68. The van der Waals surface area contributed by atoms with E-state index in [0.29, 0.717) is 18.5 Å². The van der Waals surface area contributed by atoms with Crippen LogP contribution in [0.4, 0.5) is 0 Å². The van der Waals surface area contributed by atoms with Crippen LogP contribution in [0.5, 0.6) is 0 Å². The van der Waals surface area contributed by atoms with Crippen LogP contribution in [0.15, 0.2) is 24.3 Å². The fourth-order valence-corrected chi connectivity index (χ4v) is 2.39. The monoisotopic (exact) mass is 250 g/mol. The summed E-state index contributed by atoms with van der Waals surface area (Å²) in [6.45, 7) is 6.68. The summed E-state index contributed by atoms with van der Waals surface area (Å²) in [6, 6.07) is 8.85. The molecule has 3 heteroatoms. The molecule has 0 fully saturated rings. The van der Waals surface area contributed by atoms with Gasteiger partial charge in [0.1, 0.15) is 0 Å². The van der Waals surface area contributed by atoms with Crippen LogP contribution in [0.1, 0.15) is 18.1 Å². The van der Waals surface area contributed by atoms with E-state index in [1.165, 1.54) is 11.1 Å². The molecule has 0 aliphatic heterocycles. The summed E-state index contributed by atoms with van der Waals surface area (Å²) in [7, 11) is 3.88. The zero-order valence-corrected chi connectivity index (χ0v) is 12.0. The first-order valence-electron chi connectivity index (χ1n) is 6.53. The van der Waals surface area contributed by atoms with Gasteiger partial charge in [-0.25, -0.2) is 0 Å². The van der Waals surface area contributed by atoms with Gasteiger partial charge in [-0.15, -0.1) is 0 Å². The Bertz CT molecular complexity index is 354. The average Bonchev–Trinajstić information content (AvgIpc) is 2.33. The van der Waals surface area contributed by atoms with Gasteiger partial charge in [0.15, 0.2) is 0 Å². The summed E-state index contributed by atoms with van der Waals surface area (Å²) >= 11 is 0. The molecule has 102 valence electrons. The van der Waals surface area contributed by atoms with Crippen LogP contribution in [0, 0.1) is 12.8 Å². The number of hydrogen-bond acceptors (Lipinski definition) is 3. The van der Waals surface area contributed by atoms with Crippen LogP contribution in [0.3, 0.4) is 0 Å². The van der Waals surface area contributed by atoms with Gasteiger partial charge in [-0.2, -0.15) is 0 Å². The van der Waals surface area contributed by atoms with Crippen molar-refractivity contribution in [2.24, 2.45) is 11.7 Å². The van der Waals surface area contributed by atoms with Crippen molar-refractivity contribution in [3.8, 4) is 0 Å². The molecule has 0 spiro atoms. The van der Waals surface area contributed by atoms with Crippen molar-refractivity contribution in [2.45, 2.75) is 26.4 Å². The number of methoxy groups -OCH3 is 1. The van der Waals surface area contributed by atoms with Gasteiger partial charge >= 0.3 is 0 Å². The van der Waals surface area contributed by atoms with Crippen LogP contribution >= 0.6 is 0 Å². The highest BCUT2D eigenvalue weighted by Gasteiger charge is 2.20. The Morgan fingerprint density at radius 1 is 1.33 bits per heavy atom. The van der Waals surface area contributed by atoms with Gasteiger partial charge in [0.2, 0.25) is 0 Å². The molecule has 0 heterocycles. The van der Waals surface area contributed by atoms with Crippen molar-refractivity contribution in [2.75, 3.05) is 27.3 Å². The predicted octanol–water partition coefficient (Wildman–Crippen LogP) is 2.04. The maximum atomic E-state index is 5.90. The molecular formula is C15H26N2O. The third-order valence-electron chi connectivity index (χ3n) is 3.58. The molecule has 0 aliphatic rings. The molecule has 2 N–H and O–H groups in total. The Morgan fingerprint density at radius 3 is 2.56 bits per heavy atom. The summed E-state index contributed by atoms with van der Waals surface area (Å²) in [5.41, 5.74) is 8.60. The number of hydrogen-bond donors (Lipinski definition) is 1. The summed E-state index contributed by atoms with van der Waals surface area (Å²) in [6.07, 6.45) is 0. The SMILES string of the molecule is COCC(C)C(CN)N(C)Cc1ccccc1C. The van der Waals surface area contributed by atoms with Gasteiger partial charge in [0.05, 0.1) is 6.61 Å². The van der Waals surface area contributed by atoms with Gasteiger partial charge in [-0.1, -0.05) is 31.2 Å². The number of ether oxygens (including phenoxy) is 1. The van der Waals surface area contributed by atoms with E-state index in [9.17, 15) is 0 Å². The van der Waals surface area contributed by atoms with Crippen molar-refractivity contribution < 1.29 is 4.74 Å². The second-order valence-electron chi connectivity index (χ2n) is 5.08. The molecule has 1 aromatic rings. The van der Waals surface area contributed by atoms with Gasteiger partial charge in [0.25, 0.3) is 0 Å². The third-order valence-corrected chi connectivity index (χ3v) is 3.58. The minimum absolute atomic E-state index is 0.351. The molecule has 0 aromatic heterocycles. The lowest BCUT2D eigenvalue weighted by Crippen LogP contribution is -2.43. The van der Waals surface area contributed by atoms with E-state index >= 15 is 0 Å². The summed E-state index contributed by atoms with van der Waals surface area (Å²) in [4.78, 5) is 2.33. The third kappa shape index (κ3) is 4.09. The number of likely N-dealkylation sites (N-methyl/N-ethyl adjacent to an activating group) is 1. The molecule has 0 bridgehead atoms. The maximum Gasteiger partial charge on any atom is 0.0503 e.